The summed E-state index contributed by atoms with van der Waals surface area (Å²) in [6.45, 7) is 2.56. The van der Waals surface area contributed by atoms with Gasteiger partial charge in [-0.05, 0) is 24.5 Å². The normalized spacial score (nSPS) is 15.0. The Hall–Kier alpha value is -4.04. The summed E-state index contributed by atoms with van der Waals surface area (Å²) >= 11 is 0. The minimum absolute atomic E-state index is 0. The Bertz CT molecular complexity index is 1560. The van der Waals surface area contributed by atoms with Crippen LogP contribution in [0.3, 0.4) is 0 Å². The number of pyridine rings is 1. The Balaban J connectivity index is 0.00000442. The molecule has 10 nitrogen and oxygen atoms in total. The zero-order chi connectivity index (χ0) is 30.6. The summed E-state index contributed by atoms with van der Waals surface area (Å²) in [6, 6.07) is 9.47. The van der Waals surface area contributed by atoms with Crippen LogP contribution in [0.15, 0.2) is 55.2 Å². The summed E-state index contributed by atoms with van der Waals surface area (Å²) in [5, 5.41) is 6.86. The Morgan fingerprint density at radius 2 is 1.82 bits per heavy atom. The Kier molecular flexibility index (Phi) is 10.6. The molecular formula is C30H36F3N9OS. The molecule has 0 bridgehead atoms. The summed E-state index contributed by atoms with van der Waals surface area (Å²) < 4.78 is 38.1. The van der Waals surface area contributed by atoms with Crippen LogP contribution in [0, 0.1) is 0 Å². The average molecular weight is 628 g/mol. The molecule has 2 N–H and O–H groups in total. The van der Waals surface area contributed by atoms with Gasteiger partial charge in [0.25, 0.3) is 5.91 Å². The fourth-order valence-electron chi connectivity index (χ4n) is 5.43. The van der Waals surface area contributed by atoms with E-state index in [1.165, 1.54) is 11.2 Å². The van der Waals surface area contributed by atoms with Crippen molar-refractivity contribution in [1.29, 1.82) is 0 Å². The first kappa shape index (κ1) is 32.9. The number of hydrogen-bond donors (Lipinski definition) is 2. The van der Waals surface area contributed by atoms with E-state index in [0.717, 1.165) is 22.0 Å². The lowest BCUT2D eigenvalue weighted by Crippen LogP contribution is -2.46. The largest absolute Gasteiger partial charge is 0.401 e. The number of carbonyl (C=O) groups excluding carboxylic acids is 1. The predicted octanol–water partition coefficient (Wildman–Crippen LogP) is 4.63. The molecule has 14 heteroatoms. The van der Waals surface area contributed by atoms with E-state index in [0.29, 0.717) is 55.5 Å². The van der Waals surface area contributed by atoms with E-state index in [9.17, 15) is 18.0 Å². The molecule has 1 fully saturated rings. The molecule has 5 rings (SSSR count). The monoisotopic (exact) mass is 627 g/mol. The molecule has 0 saturated carbocycles. The maximum atomic E-state index is 12.7. The predicted molar refractivity (Wildman–Crippen MR) is 169 cm³/mol. The number of likely N-dealkylation sites (tertiary alicyclic amines) is 1. The number of piperidine rings is 1. The third-order valence-electron chi connectivity index (χ3n) is 7.82. The van der Waals surface area contributed by atoms with Crippen LogP contribution in [0.5, 0.6) is 0 Å². The highest BCUT2D eigenvalue weighted by Crippen LogP contribution is 2.28. The summed E-state index contributed by atoms with van der Waals surface area (Å²) in [4.78, 5) is 38.0. The first-order valence-electron chi connectivity index (χ1n) is 14.1. The van der Waals surface area contributed by atoms with Gasteiger partial charge in [0.2, 0.25) is 5.95 Å². The molecule has 44 heavy (non-hydrogen) atoms. The number of hydrogen-bond acceptors (Lipinski definition) is 9. The van der Waals surface area contributed by atoms with Gasteiger partial charge in [-0.1, -0.05) is 25.1 Å². The molecule has 3 aromatic heterocycles. The second kappa shape index (κ2) is 14.2. The summed E-state index contributed by atoms with van der Waals surface area (Å²) in [5.74, 6) is 1.07. The molecule has 1 aromatic carbocycles. The molecule has 1 amide bonds. The zero-order valence-electron chi connectivity index (χ0n) is 24.8. The molecule has 234 valence electrons. The molecule has 0 unspecified atom stereocenters. The van der Waals surface area contributed by atoms with E-state index in [2.05, 4.69) is 42.5 Å². The number of benzene rings is 1. The van der Waals surface area contributed by atoms with Crippen molar-refractivity contribution in [3.8, 4) is 11.3 Å². The Morgan fingerprint density at radius 3 is 2.50 bits per heavy atom. The van der Waals surface area contributed by atoms with E-state index in [-0.39, 0.29) is 31.4 Å². The SMILES string of the molecule is CNC(=O)c1ccnc2c([C@H](C)CNc3cc(-c4cnc(N(C)C5CCN(CC(F)(F)F)CC5)nc4)ncn3)cccc12.S. The minimum atomic E-state index is -4.18. The van der Waals surface area contributed by atoms with Crippen LogP contribution in [-0.2, 0) is 0 Å². The van der Waals surface area contributed by atoms with Crippen molar-refractivity contribution < 1.29 is 18.0 Å². The first-order chi connectivity index (χ1) is 20.6. The summed E-state index contributed by atoms with van der Waals surface area (Å²) in [5.41, 5.74) is 3.76. The topological polar surface area (TPSA) is 112 Å². The van der Waals surface area contributed by atoms with Gasteiger partial charge in [-0.3, -0.25) is 14.7 Å². The first-order valence-corrected chi connectivity index (χ1v) is 14.1. The van der Waals surface area contributed by atoms with Gasteiger partial charge < -0.3 is 15.5 Å². The van der Waals surface area contributed by atoms with E-state index in [4.69, 9.17) is 0 Å². The molecule has 1 aliphatic heterocycles. The Labute approximate surface area is 261 Å². The molecular weight excluding hydrogens is 591 g/mol. The molecule has 4 aromatic rings. The van der Waals surface area contributed by atoms with Crippen LogP contribution in [0.1, 0.15) is 41.6 Å². The number of anilines is 2. The van der Waals surface area contributed by atoms with Crippen molar-refractivity contribution in [3.63, 3.8) is 0 Å². The van der Waals surface area contributed by atoms with E-state index in [1.54, 1.807) is 31.7 Å². The van der Waals surface area contributed by atoms with Crippen LogP contribution in [0.4, 0.5) is 24.9 Å². The number of fused-ring (bicyclic) bond motifs is 1. The fourth-order valence-corrected chi connectivity index (χ4v) is 5.43. The molecule has 0 radical (unpaired) electrons. The molecule has 1 saturated heterocycles. The third kappa shape index (κ3) is 7.72. The van der Waals surface area contributed by atoms with Gasteiger partial charge in [-0.25, -0.2) is 19.9 Å². The number of rotatable bonds is 9. The summed E-state index contributed by atoms with van der Waals surface area (Å²) in [7, 11) is 3.48. The lowest BCUT2D eigenvalue weighted by Gasteiger charge is -2.36. The van der Waals surface area contributed by atoms with Crippen molar-refractivity contribution >= 4 is 42.1 Å². The van der Waals surface area contributed by atoms with E-state index in [1.807, 2.05) is 36.2 Å². The van der Waals surface area contributed by atoms with Crippen LogP contribution < -0.4 is 15.5 Å². The van der Waals surface area contributed by atoms with Gasteiger partial charge in [0.1, 0.15) is 12.1 Å². The third-order valence-corrected chi connectivity index (χ3v) is 7.82. The quantitative estimate of drug-likeness (QED) is 0.274. The number of para-hydroxylation sites is 1. The number of nitrogens with one attached hydrogen (secondary N) is 2. The number of halogens is 3. The molecule has 4 heterocycles. The van der Waals surface area contributed by atoms with Gasteiger partial charge in [0.05, 0.1) is 23.3 Å². The highest BCUT2D eigenvalue weighted by atomic mass is 32.1. The maximum absolute atomic E-state index is 12.7. The number of aromatic nitrogens is 5. The molecule has 1 atom stereocenters. The standard InChI is InChI=1S/C30H34F3N9O.H2S/c1-19(22-5-4-6-23-24(28(43)34-2)7-10-35-27(22)23)14-36-26-13-25(39-18-40-26)20-15-37-29(38-16-20)41(3)21-8-11-42(12-9-21)17-30(31,32)33;/h4-7,10,13,15-16,18-19,21H,8-9,11-12,14,17H2,1-3H3,(H,34,43)(H,36,39,40);1H2/t19-;/m1./s1. The van der Waals surface area contributed by atoms with Gasteiger partial charge >= 0.3 is 6.18 Å². The molecule has 1 aliphatic rings. The highest BCUT2D eigenvalue weighted by Gasteiger charge is 2.33. The number of alkyl halides is 3. The van der Waals surface area contributed by atoms with E-state index >= 15 is 0 Å². The van der Waals surface area contributed by atoms with E-state index < -0.39 is 12.7 Å². The Morgan fingerprint density at radius 1 is 1.09 bits per heavy atom. The lowest BCUT2D eigenvalue weighted by molar-refractivity contribution is -0.147. The number of carbonyl (C=O) groups is 1. The van der Waals surface area contributed by atoms with Crippen LogP contribution >= 0.6 is 13.5 Å². The van der Waals surface area contributed by atoms with Crippen LogP contribution in [-0.4, -0.2) is 88.2 Å². The smallest absolute Gasteiger partial charge is 0.369 e. The van der Waals surface area contributed by atoms with Gasteiger partial charge in [-0.15, -0.1) is 0 Å². The van der Waals surface area contributed by atoms with Crippen molar-refractivity contribution in [1.82, 2.24) is 35.1 Å². The van der Waals surface area contributed by atoms with Gasteiger partial charge in [-0.2, -0.15) is 26.7 Å². The molecule has 0 aliphatic carbocycles. The lowest BCUT2D eigenvalue weighted by atomic mass is 9.96. The van der Waals surface area contributed by atoms with Crippen molar-refractivity contribution in [2.75, 3.05) is 50.5 Å². The number of nitrogens with zero attached hydrogens (tertiary/aromatic N) is 7. The van der Waals surface area contributed by atoms with Crippen LogP contribution in [0.2, 0.25) is 0 Å². The van der Waals surface area contributed by atoms with Crippen molar-refractivity contribution in [2.45, 2.75) is 37.9 Å². The van der Waals surface area contributed by atoms with Crippen molar-refractivity contribution in [3.05, 3.63) is 66.4 Å². The minimum Gasteiger partial charge on any atom is -0.369 e. The van der Waals surface area contributed by atoms with Gasteiger partial charge in [0.15, 0.2) is 0 Å². The maximum Gasteiger partial charge on any atom is 0.401 e. The molecule has 0 spiro atoms. The van der Waals surface area contributed by atoms with Crippen LogP contribution in [0.25, 0.3) is 22.2 Å². The summed E-state index contributed by atoms with van der Waals surface area (Å²) in [6.07, 6.45) is 3.56. The van der Waals surface area contributed by atoms with Crippen molar-refractivity contribution in [2.24, 2.45) is 0 Å². The average Bonchev–Trinajstić information content (AvgIpc) is 3.02. The zero-order valence-corrected chi connectivity index (χ0v) is 25.8. The number of amides is 1. The highest BCUT2D eigenvalue weighted by molar-refractivity contribution is 7.59. The fraction of sp³-hybridized carbons (Fsp3) is 0.400. The van der Waals surface area contributed by atoms with Gasteiger partial charge in [0, 0.05) is 81.3 Å². The second-order valence-electron chi connectivity index (χ2n) is 10.8. The second-order valence-corrected chi connectivity index (χ2v) is 10.8.